The van der Waals surface area contributed by atoms with Gasteiger partial charge in [0, 0.05) is 30.5 Å². The van der Waals surface area contributed by atoms with Gasteiger partial charge in [0.25, 0.3) is 0 Å². The third-order valence-electron chi connectivity index (χ3n) is 4.41. The molecule has 0 aromatic rings. The molecule has 0 aliphatic carbocycles. The smallest absolute Gasteiger partial charge is 0.238 e. The van der Waals surface area contributed by atoms with E-state index >= 15 is 0 Å². The van der Waals surface area contributed by atoms with Gasteiger partial charge in [0.15, 0.2) is 11.5 Å². The third kappa shape index (κ3) is 15.0. The molecule has 186 valence electrons. The van der Waals surface area contributed by atoms with Crippen LogP contribution < -0.4 is 33.2 Å². The summed E-state index contributed by atoms with van der Waals surface area (Å²) in [6.07, 6.45) is 1.11. The number of ketones is 1. The van der Waals surface area contributed by atoms with E-state index < -0.39 is 6.04 Å². The Kier molecular flexibility index (Phi) is 18.0. The average molecular weight is 510 g/mol. The zero-order valence-corrected chi connectivity index (χ0v) is 22.1. The molecule has 0 saturated heterocycles. The van der Waals surface area contributed by atoms with Crippen molar-refractivity contribution in [1.29, 1.82) is 0 Å². The molecular weight excluding hydrogens is 469 g/mol. The lowest BCUT2D eigenvalue weighted by molar-refractivity contribution is -0.123. The van der Waals surface area contributed by atoms with Gasteiger partial charge < -0.3 is 22.5 Å². The number of hydrogen-bond acceptors (Lipinski definition) is 9. The summed E-state index contributed by atoms with van der Waals surface area (Å²) >= 11 is 0. The molecule has 5 unspecified atom stereocenters. The normalized spacial score (nSPS) is 15.2. The number of hydrogen-bond donors (Lipinski definition) is 6. The highest BCUT2D eigenvalue weighted by molar-refractivity contribution is 8.76. The highest BCUT2D eigenvalue weighted by atomic mass is 33.1. The van der Waals surface area contributed by atoms with Crippen molar-refractivity contribution in [3.05, 3.63) is 0 Å². The highest BCUT2D eigenvalue weighted by Gasteiger charge is 2.22. The van der Waals surface area contributed by atoms with E-state index in [1.54, 1.807) is 6.92 Å². The number of aliphatic imine (C=N–C) groups is 1. The zero-order valence-electron chi connectivity index (χ0n) is 19.5. The van der Waals surface area contributed by atoms with Gasteiger partial charge in [-0.05, 0) is 33.4 Å². The minimum atomic E-state index is -0.506. The summed E-state index contributed by atoms with van der Waals surface area (Å²) in [5.41, 5.74) is 16.5. The summed E-state index contributed by atoms with van der Waals surface area (Å²) in [7, 11) is 3.20. The molecule has 0 rings (SSSR count). The van der Waals surface area contributed by atoms with E-state index in [4.69, 9.17) is 17.2 Å². The number of carbonyl (C=O) groups is 3. The van der Waals surface area contributed by atoms with Crippen molar-refractivity contribution < 1.29 is 14.4 Å². The van der Waals surface area contributed by atoms with Gasteiger partial charge in [-0.2, -0.15) is 0 Å². The van der Waals surface area contributed by atoms with Crippen LogP contribution in [0.3, 0.4) is 0 Å². The van der Waals surface area contributed by atoms with E-state index in [0.717, 1.165) is 0 Å². The second-order valence-electron chi connectivity index (χ2n) is 7.34. The molecule has 13 heteroatoms. The number of amides is 1. The molecule has 10 nitrogen and oxygen atoms in total. The van der Waals surface area contributed by atoms with E-state index in [1.807, 2.05) is 20.5 Å². The van der Waals surface area contributed by atoms with Crippen LogP contribution in [0.4, 0.5) is 0 Å². The van der Waals surface area contributed by atoms with Crippen LogP contribution in [-0.2, 0) is 14.4 Å². The number of rotatable bonds is 19. The van der Waals surface area contributed by atoms with Crippen molar-refractivity contribution in [3.8, 4) is 0 Å². The molecule has 9 N–H and O–H groups in total. The maximum Gasteiger partial charge on any atom is 0.238 e. The first kappa shape index (κ1) is 31.1. The Hall–Kier alpha value is -0.910. The van der Waals surface area contributed by atoms with Crippen LogP contribution in [0, 0.1) is 5.92 Å². The lowest BCUT2D eigenvalue weighted by Gasteiger charge is -2.20. The molecule has 0 spiro atoms. The van der Waals surface area contributed by atoms with Gasteiger partial charge in [-0.25, -0.2) is 0 Å². The van der Waals surface area contributed by atoms with Gasteiger partial charge in [0.2, 0.25) is 5.91 Å². The Morgan fingerprint density at radius 1 is 1.09 bits per heavy atom. The van der Waals surface area contributed by atoms with Crippen molar-refractivity contribution in [3.63, 3.8) is 0 Å². The van der Waals surface area contributed by atoms with Crippen LogP contribution in [-0.4, -0.2) is 79.2 Å². The summed E-state index contributed by atoms with van der Waals surface area (Å²) in [5.74, 6) is 0.808. The number of Topliss-reactive ketones (excluding diaryl/α,β-unsaturated/α-hetero) is 1. The Morgan fingerprint density at radius 3 is 2.25 bits per heavy atom. The highest BCUT2D eigenvalue weighted by Crippen LogP contribution is 2.25. The second-order valence-corrected chi connectivity index (χ2v) is 10.9. The second kappa shape index (κ2) is 18.5. The zero-order chi connectivity index (χ0) is 24.5. The van der Waals surface area contributed by atoms with E-state index in [1.165, 1.54) is 21.6 Å². The summed E-state index contributed by atoms with van der Waals surface area (Å²) in [5, 5.41) is 8.96. The van der Waals surface area contributed by atoms with Crippen LogP contribution >= 0.6 is 30.2 Å². The van der Waals surface area contributed by atoms with E-state index in [9.17, 15) is 14.4 Å². The van der Waals surface area contributed by atoms with E-state index in [2.05, 4.69) is 20.9 Å². The molecule has 0 fully saturated rings. The minimum absolute atomic E-state index is 0.0392. The van der Waals surface area contributed by atoms with Gasteiger partial charge in [-0.1, -0.05) is 37.1 Å². The molecular formula is C19H40N7O3PS2. The molecule has 0 bridgehead atoms. The van der Waals surface area contributed by atoms with Crippen LogP contribution in [0.2, 0.25) is 0 Å². The maximum atomic E-state index is 12.4. The predicted molar refractivity (Wildman–Crippen MR) is 139 cm³/mol. The van der Waals surface area contributed by atoms with Crippen LogP contribution in [0.15, 0.2) is 4.99 Å². The Balaban J connectivity index is 4.59. The molecule has 0 heterocycles. The maximum absolute atomic E-state index is 12.4. The van der Waals surface area contributed by atoms with E-state index in [0.29, 0.717) is 37.4 Å². The minimum Gasteiger partial charge on any atom is -0.370 e. The molecule has 1 amide bonds. The Morgan fingerprint density at radius 2 is 1.72 bits per heavy atom. The number of nitrogens with one attached hydrogen (secondary N) is 3. The fourth-order valence-corrected chi connectivity index (χ4v) is 5.67. The standard InChI is InChI=1S/C19H40N7O3PS2/c1-5-23-17(28)14(10-31-32-11-15(18(29)30-4)26-13(3)20)25-9-16(27)12(2)7-6-8-24-19(21)22/h12-15,25-26,30H,5-11,20H2,1-4H3,(H,23,28)(H4,21,22,24). The van der Waals surface area contributed by atoms with Crippen molar-refractivity contribution in [2.45, 2.75) is 51.9 Å². The van der Waals surface area contributed by atoms with Crippen molar-refractivity contribution >= 4 is 53.3 Å². The molecule has 0 aromatic heterocycles. The van der Waals surface area contributed by atoms with Gasteiger partial charge >= 0.3 is 0 Å². The first-order chi connectivity index (χ1) is 15.1. The van der Waals surface area contributed by atoms with Crippen molar-refractivity contribution in [2.75, 3.05) is 37.8 Å². The van der Waals surface area contributed by atoms with Crippen LogP contribution in [0.25, 0.3) is 0 Å². The topological polar surface area (TPSA) is 178 Å². The molecule has 5 atom stereocenters. The Bertz CT molecular complexity index is 607. The predicted octanol–water partition coefficient (Wildman–Crippen LogP) is -0.181. The molecule has 0 aromatic carbocycles. The lowest BCUT2D eigenvalue weighted by Crippen LogP contribution is -2.48. The van der Waals surface area contributed by atoms with Gasteiger partial charge in [0.1, 0.15) is 5.78 Å². The van der Waals surface area contributed by atoms with Gasteiger partial charge in [0.05, 0.1) is 24.8 Å². The van der Waals surface area contributed by atoms with Gasteiger partial charge in [-0.15, -0.1) is 0 Å². The number of likely N-dealkylation sites (N-methyl/N-ethyl adjacent to an activating group) is 1. The third-order valence-corrected chi connectivity index (χ3v) is 7.67. The van der Waals surface area contributed by atoms with Crippen molar-refractivity contribution in [2.24, 2.45) is 28.1 Å². The Labute approximate surface area is 201 Å². The largest absolute Gasteiger partial charge is 0.370 e. The molecule has 0 saturated carbocycles. The number of guanidine groups is 1. The van der Waals surface area contributed by atoms with Gasteiger partial charge in [-0.3, -0.25) is 30.0 Å². The summed E-state index contributed by atoms with van der Waals surface area (Å²) in [6, 6.07) is -0.818. The summed E-state index contributed by atoms with van der Waals surface area (Å²) in [4.78, 5) is 40.8. The molecule has 0 aliphatic heterocycles. The molecule has 0 radical (unpaired) electrons. The fraction of sp³-hybridized carbons (Fsp3) is 0.789. The van der Waals surface area contributed by atoms with Crippen molar-refractivity contribution in [1.82, 2.24) is 16.0 Å². The fourth-order valence-electron chi connectivity index (χ4n) is 2.61. The number of carbonyl (C=O) groups excluding carboxylic acids is 3. The molecule has 0 aliphatic rings. The first-order valence-corrected chi connectivity index (χ1v) is 14.7. The van der Waals surface area contributed by atoms with Crippen LogP contribution in [0.1, 0.15) is 33.6 Å². The first-order valence-electron chi connectivity index (χ1n) is 10.7. The number of nitrogens with two attached hydrogens (primary N) is 3. The summed E-state index contributed by atoms with van der Waals surface area (Å²) in [6.45, 7) is 8.47. The monoisotopic (exact) mass is 509 g/mol. The molecule has 32 heavy (non-hydrogen) atoms. The SMILES string of the molecule is CCNC(=O)C(CSSCC(NC(C)N)C(=O)PC)NCC(=O)C(C)CCCN=C(N)N. The summed E-state index contributed by atoms with van der Waals surface area (Å²) < 4.78 is 0. The lowest BCUT2D eigenvalue weighted by atomic mass is 10.0. The van der Waals surface area contributed by atoms with E-state index in [-0.39, 0.29) is 56.4 Å². The average Bonchev–Trinajstić information content (AvgIpc) is 2.73. The quantitative estimate of drug-likeness (QED) is 0.0342. The van der Waals surface area contributed by atoms with Crippen LogP contribution in [0.5, 0.6) is 0 Å². The number of nitrogens with zero attached hydrogens (tertiary/aromatic N) is 1.